The van der Waals surface area contributed by atoms with E-state index in [9.17, 15) is 27.2 Å². The monoisotopic (exact) mass is 469 g/mol. The van der Waals surface area contributed by atoms with Gasteiger partial charge < -0.3 is 10.4 Å². The smallest absolute Gasteiger partial charge is 0.396 e. The summed E-state index contributed by atoms with van der Waals surface area (Å²) in [6.45, 7) is -0.829. The summed E-state index contributed by atoms with van der Waals surface area (Å²) < 4.78 is 54.0. The number of carbonyl (C=O) groups excluding carboxylic acids is 1. The number of nitrogens with one attached hydrogen (secondary N) is 1. The number of amides is 1. The number of nitrogens with zero attached hydrogens (tertiary/aromatic N) is 2. The van der Waals surface area contributed by atoms with Crippen LogP contribution in [0, 0.1) is 5.82 Å². The van der Waals surface area contributed by atoms with Crippen LogP contribution in [0.25, 0.3) is 16.9 Å². The van der Waals surface area contributed by atoms with Gasteiger partial charge in [0.15, 0.2) is 0 Å². The summed E-state index contributed by atoms with van der Waals surface area (Å²) in [4.78, 5) is 25.6. The molecule has 1 unspecified atom stereocenters. The first-order valence-electron chi connectivity index (χ1n) is 9.25. The highest BCUT2D eigenvalue weighted by atomic mass is 35.5. The van der Waals surface area contributed by atoms with Crippen LogP contribution in [-0.2, 0) is 0 Å². The summed E-state index contributed by atoms with van der Waals surface area (Å²) in [5.74, 6) is -1.99. The predicted molar refractivity (Wildman–Crippen MR) is 109 cm³/mol. The molecule has 2 N–H and O–H groups in total. The molecule has 6 nitrogen and oxygen atoms in total. The first kappa shape index (κ1) is 23.4. The molecule has 32 heavy (non-hydrogen) atoms. The van der Waals surface area contributed by atoms with Crippen molar-refractivity contribution in [1.82, 2.24) is 15.1 Å². The van der Waals surface area contributed by atoms with Gasteiger partial charge in [0, 0.05) is 17.2 Å². The number of benzene rings is 2. The molecule has 1 heterocycles. The fraction of sp³-hybridized carbons (Fsp3) is 0.190. The van der Waals surface area contributed by atoms with E-state index in [-0.39, 0.29) is 11.4 Å². The Bertz CT molecular complexity index is 1180. The van der Waals surface area contributed by atoms with Crippen molar-refractivity contribution < 1.29 is 27.5 Å². The van der Waals surface area contributed by atoms with Crippen molar-refractivity contribution in [3.8, 4) is 16.9 Å². The van der Waals surface area contributed by atoms with Gasteiger partial charge in [0.1, 0.15) is 17.4 Å². The number of aliphatic hydroxyl groups excluding tert-OH is 1. The van der Waals surface area contributed by atoms with Crippen LogP contribution in [0.3, 0.4) is 0 Å². The van der Waals surface area contributed by atoms with Crippen LogP contribution < -0.4 is 10.9 Å². The Labute approximate surface area is 184 Å². The number of halogens is 5. The Morgan fingerprint density at radius 1 is 1.16 bits per heavy atom. The fourth-order valence-electron chi connectivity index (χ4n) is 2.88. The summed E-state index contributed by atoms with van der Waals surface area (Å²) in [6, 6.07) is 9.60. The molecular formula is C21H16ClF4N3O3. The van der Waals surface area contributed by atoms with Crippen molar-refractivity contribution in [1.29, 1.82) is 0 Å². The lowest BCUT2D eigenvalue weighted by atomic mass is 10.1. The maximum atomic E-state index is 13.7. The number of aliphatic hydroxyl groups is 1. The van der Waals surface area contributed by atoms with Gasteiger partial charge in [-0.2, -0.15) is 23.0 Å². The van der Waals surface area contributed by atoms with Gasteiger partial charge >= 0.3 is 6.18 Å². The zero-order chi connectivity index (χ0) is 23.5. The molecule has 0 aliphatic rings. The highest BCUT2D eigenvalue weighted by molar-refractivity contribution is 6.30. The summed E-state index contributed by atoms with van der Waals surface area (Å²) in [5, 5.41) is 15.2. The minimum absolute atomic E-state index is 0.0254. The molecule has 0 bridgehead atoms. The second-order valence-corrected chi connectivity index (χ2v) is 7.16. The summed E-state index contributed by atoms with van der Waals surface area (Å²) in [7, 11) is 0. The van der Waals surface area contributed by atoms with Crippen LogP contribution in [0.5, 0.6) is 0 Å². The SMILES string of the molecule is O=C(NC(CCO)C(F)(F)F)c1cc(-c2ccc(Cl)cc2)nn(-c2cccc(F)c2)c1=O. The van der Waals surface area contributed by atoms with Gasteiger partial charge in [0.25, 0.3) is 11.5 Å². The van der Waals surface area contributed by atoms with E-state index >= 15 is 0 Å². The minimum atomic E-state index is -4.84. The fourth-order valence-corrected chi connectivity index (χ4v) is 3.01. The van der Waals surface area contributed by atoms with Crippen LogP contribution in [-0.4, -0.2) is 39.6 Å². The third-order valence-electron chi connectivity index (χ3n) is 4.47. The molecule has 0 saturated carbocycles. The number of alkyl halides is 3. The third-order valence-corrected chi connectivity index (χ3v) is 4.72. The zero-order valence-corrected chi connectivity index (χ0v) is 17.0. The Morgan fingerprint density at radius 2 is 1.84 bits per heavy atom. The van der Waals surface area contributed by atoms with Crippen molar-refractivity contribution >= 4 is 17.5 Å². The first-order chi connectivity index (χ1) is 15.1. The van der Waals surface area contributed by atoms with E-state index in [4.69, 9.17) is 16.7 Å². The molecule has 3 aromatic rings. The van der Waals surface area contributed by atoms with E-state index in [1.54, 1.807) is 5.32 Å². The zero-order valence-electron chi connectivity index (χ0n) is 16.2. The molecule has 3 rings (SSSR count). The topological polar surface area (TPSA) is 84.2 Å². The van der Waals surface area contributed by atoms with Crippen molar-refractivity contribution in [3.05, 3.63) is 81.4 Å². The summed E-state index contributed by atoms with van der Waals surface area (Å²) in [6.07, 6.45) is -5.63. The van der Waals surface area contributed by atoms with Crippen molar-refractivity contribution in [3.63, 3.8) is 0 Å². The van der Waals surface area contributed by atoms with Gasteiger partial charge in [-0.05, 0) is 42.8 Å². The molecule has 0 fully saturated rings. The van der Waals surface area contributed by atoms with Gasteiger partial charge in [-0.15, -0.1) is 0 Å². The van der Waals surface area contributed by atoms with Crippen molar-refractivity contribution in [2.75, 3.05) is 6.61 Å². The maximum Gasteiger partial charge on any atom is 0.408 e. The molecule has 0 radical (unpaired) electrons. The lowest BCUT2D eigenvalue weighted by Gasteiger charge is -2.21. The van der Waals surface area contributed by atoms with Gasteiger partial charge in [-0.3, -0.25) is 9.59 Å². The lowest BCUT2D eigenvalue weighted by Crippen LogP contribution is -2.47. The molecule has 0 saturated heterocycles. The Balaban J connectivity index is 2.15. The molecule has 1 atom stereocenters. The van der Waals surface area contributed by atoms with Crippen LogP contribution in [0.1, 0.15) is 16.8 Å². The number of carbonyl (C=O) groups is 1. The molecule has 11 heteroatoms. The number of rotatable bonds is 6. The average molecular weight is 470 g/mol. The molecule has 0 aliphatic heterocycles. The van der Waals surface area contributed by atoms with Gasteiger partial charge in [-0.25, -0.2) is 4.39 Å². The maximum absolute atomic E-state index is 13.7. The van der Waals surface area contributed by atoms with Crippen LogP contribution in [0.4, 0.5) is 17.6 Å². The van der Waals surface area contributed by atoms with Crippen molar-refractivity contribution in [2.45, 2.75) is 18.6 Å². The Morgan fingerprint density at radius 3 is 2.44 bits per heavy atom. The number of hydrogen-bond donors (Lipinski definition) is 2. The van der Waals surface area contributed by atoms with E-state index in [1.165, 1.54) is 36.4 Å². The van der Waals surface area contributed by atoms with Crippen LogP contribution in [0.2, 0.25) is 5.02 Å². The largest absolute Gasteiger partial charge is 0.408 e. The van der Waals surface area contributed by atoms with E-state index in [0.717, 1.165) is 22.9 Å². The van der Waals surface area contributed by atoms with Crippen molar-refractivity contribution in [2.24, 2.45) is 0 Å². The molecule has 1 amide bonds. The second kappa shape index (κ2) is 9.49. The lowest BCUT2D eigenvalue weighted by molar-refractivity contribution is -0.156. The molecule has 2 aromatic carbocycles. The summed E-state index contributed by atoms with van der Waals surface area (Å²) >= 11 is 5.87. The second-order valence-electron chi connectivity index (χ2n) is 6.73. The molecule has 0 spiro atoms. The third kappa shape index (κ3) is 5.32. The first-order valence-corrected chi connectivity index (χ1v) is 9.62. The Kier molecular flexibility index (Phi) is 6.95. The van der Waals surface area contributed by atoms with E-state index in [0.29, 0.717) is 10.6 Å². The van der Waals surface area contributed by atoms with Gasteiger partial charge in [0.2, 0.25) is 0 Å². The summed E-state index contributed by atoms with van der Waals surface area (Å²) in [5.41, 5.74) is -1.22. The highest BCUT2D eigenvalue weighted by Gasteiger charge is 2.40. The minimum Gasteiger partial charge on any atom is -0.396 e. The number of aromatic nitrogens is 2. The Hall–Kier alpha value is -3.24. The van der Waals surface area contributed by atoms with Gasteiger partial charge in [0.05, 0.1) is 11.4 Å². The molecule has 1 aromatic heterocycles. The molecule has 0 aliphatic carbocycles. The standard InChI is InChI=1S/C21H16ClF4N3O3/c22-13-6-4-12(5-7-13)17-11-16(19(31)27-18(8-9-30)21(24,25)26)20(32)29(28-17)15-3-1-2-14(23)10-15/h1-7,10-11,18,30H,8-9H2,(H,27,31). The molecular weight excluding hydrogens is 454 g/mol. The molecule has 168 valence electrons. The van der Waals surface area contributed by atoms with Crippen LogP contribution in [0.15, 0.2) is 59.4 Å². The van der Waals surface area contributed by atoms with Gasteiger partial charge in [-0.1, -0.05) is 29.8 Å². The average Bonchev–Trinajstić information content (AvgIpc) is 2.73. The predicted octanol–water partition coefficient (Wildman–Crippen LogP) is 3.74. The quantitative estimate of drug-likeness (QED) is 0.539. The van der Waals surface area contributed by atoms with Crippen LogP contribution >= 0.6 is 11.6 Å². The van der Waals surface area contributed by atoms with E-state index < -0.39 is 48.1 Å². The van der Waals surface area contributed by atoms with E-state index in [1.807, 2.05) is 0 Å². The van der Waals surface area contributed by atoms with E-state index in [2.05, 4.69) is 5.10 Å². The highest BCUT2D eigenvalue weighted by Crippen LogP contribution is 2.24. The normalized spacial score (nSPS) is 12.4. The number of hydrogen-bond acceptors (Lipinski definition) is 4.